The van der Waals surface area contributed by atoms with Crippen LogP contribution in [0.2, 0.25) is 0 Å². The van der Waals surface area contributed by atoms with Crippen LogP contribution >= 0.6 is 0 Å². The molecule has 18 heavy (non-hydrogen) atoms. The largest absolute Gasteiger partial charge is 0.365 e. The second-order valence-corrected chi connectivity index (χ2v) is 4.62. The maximum atomic E-state index is 10.5. The van der Waals surface area contributed by atoms with Crippen LogP contribution in [0.25, 0.3) is 0 Å². The highest BCUT2D eigenvalue weighted by molar-refractivity contribution is 5.54. The summed E-state index contributed by atoms with van der Waals surface area (Å²) in [5.74, 6) is 1.04. The highest BCUT2D eigenvalue weighted by Crippen LogP contribution is 2.23. The number of anilines is 1. The third-order valence-electron chi connectivity index (χ3n) is 3.03. The van der Waals surface area contributed by atoms with E-state index in [-0.39, 0.29) is 0 Å². The topological polar surface area (TPSA) is 58.4 Å². The second-order valence-electron chi connectivity index (χ2n) is 4.62. The van der Waals surface area contributed by atoms with Crippen molar-refractivity contribution in [2.24, 2.45) is 0 Å². The summed E-state index contributed by atoms with van der Waals surface area (Å²) in [6.07, 6.45) is 1.02. The molecule has 0 radical (unpaired) electrons. The molecule has 1 fully saturated rings. The van der Waals surface area contributed by atoms with Gasteiger partial charge in [0.05, 0.1) is 4.92 Å². The van der Waals surface area contributed by atoms with Gasteiger partial charge in [-0.3, -0.25) is 10.1 Å². The molecule has 1 saturated heterocycles. The van der Waals surface area contributed by atoms with E-state index in [4.69, 9.17) is 0 Å². The Morgan fingerprint density at radius 2 is 2.06 bits per heavy atom. The van der Waals surface area contributed by atoms with Crippen molar-refractivity contribution in [1.29, 1.82) is 0 Å². The van der Waals surface area contributed by atoms with Crippen LogP contribution in [-0.4, -0.2) is 18.0 Å². The van der Waals surface area contributed by atoms with Crippen molar-refractivity contribution in [3.8, 4) is 0 Å². The van der Waals surface area contributed by atoms with Gasteiger partial charge in [-0.2, -0.15) is 0 Å². The third kappa shape index (κ3) is 2.61. The van der Waals surface area contributed by atoms with E-state index in [1.165, 1.54) is 5.56 Å². The molecule has 0 amide bonds. The van der Waals surface area contributed by atoms with Gasteiger partial charge in [0.1, 0.15) is 0 Å². The number of hydrogen-bond acceptors (Lipinski definition) is 4. The van der Waals surface area contributed by atoms with E-state index >= 15 is 0 Å². The van der Waals surface area contributed by atoms with Crippen LogP contribution in [0.15, 0.2) is 36.3 Å². The summed E-state index contributed by atoms with van der Waals surface area (Å²) in [6.45, 7) is 5.77. The second kappa shape index (κ2) is 5.08. The van der Waals surface area contributed by atoms with Crippen molar-refractivity contribution in [2.45, 2.75) is 19.8 Å². The lowest BCUT2D eigenvalue weighted by atomic mass is 10.0. The fraction of sp³-hybridized carbons (Fsp3) is 0.385. The van der Waals surface area contributed by atoms with Gasteiger partial charge < -0.3 is 10.2 Å². The first-order chi connectivity index (χ1) is 8.58. The number of nitrogens with one attached hydrogen (secondary N) is 1. The van der Waals surface area contributed by atoms with Crippen molar-refractivity contribution in [1.82, 2.24) is 5.32 Å². The highest BCUT2D eigenvalue weighted by Gasteiger charge is 2.20. The molecule has 1 heterocycles. The standard InChI is InChI=1S/C13H17N3O2/c1-10(2)11-3-5-12(6-4-11)15-8-7-14-13(15)9-16(17)18/h3-6,9-10,14H,7-8H2,1-2H3. The van der Waals surface area contributed by atoms with E-state index < -0.39 is 4.92 Å². The van der Waals surface area contributed by atoms with Gasteiger partial charge in [-0.25, -0.2) is 0 Å². The molecule has 0 unspecified atom stereocenters. The number of rotatable bonds is 3. The van der Waals surface area contributed by atoms with Crippen molar-refractivity contribution in [2.75, 3.05) is 18.0 Å². The first-order valence-electron chi connectivity index (χ1n) is 6.04. The van der Waals surface area contributed by atoms with Crippen LogP contribution in [0.1, 0.15) is 25.3 Å². The third-order valence-corrected chi connectivity index (χ3v) is 3.03. The molecule has 0 saturated carbocycles. The molecule has 1 aromatic rings. The molecule has 1 aliphatic rings. The van der Waals surface area contributed by atoms with Crippen LogP contribution in [-0.2, 0) is 0 Å². The van der Waals surface area contributed by atoms with E-state index in [1.807, 2.05) is 17.0 Å². The minimum atomic E-state index is -0.427. The molecule has 1 aromatic carbocycles. The first-order valence-corrected chi connectivity index (χ1v) is 6.04. The molecule has 0 aliphatic carbocycles. The van der Waals surface area contributed by atoms with Crippen LogP contribution in [0, 0.1) is 10.1 Å². The van der Waals surface area contributed by atoms with Gasteiger partial charge in [-0.05, 0) is 23.6 Å². The zero-order chi connectivity index (χ0) is 13.1. The molecule has 96 valence electrons. The summed E-state index contributed by atoms with van der Waals surface area (Å²) in [5, 5.41) is 13.6. The average Bonchev–Trinajstić information content (AvgIpc) is 2.76. The van der Waals surface area contributed by atoms with Crippen molar-refractivity contribution < 1.29 is 4.92 Å². The van der Waals surface area contributed by atoms with Gasteiger partial charge in [-0.15, -0.1) is 0 Å². The Bertz CT molecular complexity index is 466. The number of hydrogen-bond donors (Lipinski definition) is 1. The average molecular weight is 247 g/mol. The minimum absolute atomic E-state index is 0.427. The molecule has 0 spiro atoms. The Labute approximate surface area is 106 Å². The number of nitro groups is 1. The molecule has 0 bridgehead atoms. The lowest BCUT2D eigenvalue weighted by molar-refractivity contribution is -0.403. The Hall–Kier alpha value is -2.04. The predicted octanol–water partition coefficient (Wildman–Crippen LogP) is 2.30. The lowest BCUT2D eigenvalue weighted by Gasteiger charge is -2.18. The molecular weight excluding hydrogens is 230 g/mol. The molecular formula is C13H17N3O2. The summed E-state index contributed by atoms with van der Waals surface area (Å²) >= 11 is 0. The molecule has 0 aromatic heterocycles. The van der Waals surface area contributed by atoms with Crippen molar-refractivity contribution >= 4 is 5.69 Å². The van der Waals surface area contributed by atoms with Crippen molar-refractivity contribution in [3.05, 3.63) is 52.0 Å². The van der Waals surface area contributed by atoms with E-state index in [0.29, 0.717) is 11.7 Å². The SMILES string of the molecule is CC(C)c1ccc(N2CCNC2=C[N+](=O)[O-])cc1. The molecule has 2 rings (SSSR count). The molecule has 1 N–H and O–H groups in total. The van der Waals surface area contributed by atoms with Crippen LogP contribution in [0.5, 0.6) is 0 Å². The lowest BCUT2D eigenvalue weighted by Crippen LogP contribution is -2.20. The smallest absolute Gasteiger partial charge is 0.274 e. The minimum Gasteiger partial charge on any atom is -0.365 e. The van der Waals surface area contributed by atoms with Gasteiger partial charge in [0.25, 0.3) is 6.20 Å². The Morgan fingerprint density at radius 3 is 2.61 bits per heavy atom. The van der Waals surface area contributed by atoms with E-state index in [2.05, 4.69) is 31.3 Å². The molecule has 5 heteroatoms. The van der Waals surface area contributed by atoms with Gasteiger partial charge in [0.15, 0.2) is 5.82 Å². The number of benzene rings is 1. The van der Waals surface area contributed by atoms with Gasteiger partial charge in [0.2, 0.25) is 0 Å². The highest BCUT2D eigenvalue weighted by atomic mass is 16.6. The monoisotopic (exact) mass is 247 g/mol. The molecule has 5 nitrogen and oxygen atoms in total. The molecule has 1 aliphatic heterocycles. The van der Waals surface area contributed by atoms with E-state index in [9.17, 15) is 10.1 Å². The first kappa shape index (κ1) is 12.4. The Balaban J connectivity index is 2.23. The molecule has 0 atom stereocenters. The maximum absolute atomic E-state index is 10.5. The normalized spacial score (nSPS) is 17.3. The van der Waals surface area contributed by atoms with Gasteiger partial charge in [0, 0.05) is 18.8 Å². The maximum Gasteiger partial charge on any atom is 0.274 e. The van der Waals surface area contributed by atoms with E-state index in [1.54, 1.807) is 0 Å². The fourth-order valence-corrected chi connectivity index (χ4v) is 2.03. The van der Waals surface area contributed by atoms with Gasteiger partial charge in [-0.1, -0.05) is 26.0 Å². The fourth-order valence-electron chi connectivity index (χ4n) is 2.03. The summed E-state index contributed by atoms with van der Waals surface area (Å²) in [5.41, 5.74) is 2.25. The van der Waals surface area contributed by atoms with Crippen LogP contribution in [0.4, 0.5) is 5.69 Å². The summed E-state index contributed by atoms with van der Waals surface area (Å²) in [7, 11) is 0. The van der Waals surface area contributed by atoms with Crippen LogP contribution in [0.3, 0.4) is 0 Å². The Morgan fingerprint density at radius 1 is 1.39 bits per heavy atom. The summed E-state index contributed by atoms with van der Waals surface area (Å²) in [6, 6.07) is 8.16. The van der Waals surface area contributed by atoms with E-state index in [0.717, 1.165) is 25.0 Å². The zero-order valence-electron chi connectivity index (χ0n) is 10.6. The number of nitrogens with zero attached hydrogens (tertiary/aromatic N) is 2. The predicted molar refractivity (Wildman–Crippen MR) is 71.0 cm³/mol. The summed E-state index contributed by atoms with van der Waals surface area (Å²) < 4.78 is 0. The Kier molecular flexibility index (Phi) is 3.50. The summed E-state index contributed by atoms with van der Waals surface area (Å²) in [4.78, 5) is 12.0. The van der Waals surface area contributed by atoms with Gasteiger partial charge >= 0.3 is 0 Å². The van der Waals surface area contributed by atoms with Crippen molar-refractivity contribution in [3.63, 3.8) is 0 Å². The van der Waals surface area contributed by atoms with Crippen LogP contribution < -0.4 is 10.2 Å². The quantitative estimate of drug-likeness (QED) is 0.657. The zero-order valence-corrected chi connectivity index (χ0v) is 10.6.